The number of likely N-dealkylation sites (tertiary alicyclic amines) is 1. The molecule has 0 saturated carbocycles. The molecule has 1 saturated heterocycles. The van der Waals surface area contributed by atoms with Crippen molar-refractivity contribution in [1.82, 2.24) is 10.1 Å². The summed E-state index contributed by atoms with van der Waals surface area (Å²) in [4.78, 5) is 14.7. The summed E-state index contributed by atoms with van der Waals surface area (Å²) >= 11 is 0. The molecule has 1 fully saturated rings. The summed E-state index contributed by atoms with van der Waals surface area (Å²) in [6, 6.07) is 18.0. The van der Waals surface area contributed by atoms with E-state index in [2.05, 4.69) is 5.16 Å². The zero-order valence-electron chi connectivity index (χ0n) is 16.0. The summed E-state index contributed by atoms with van der Waals surface area (Å²) in [5.41, 5.74) is 4.11. The second kappa shape index (κ2) is 8.30. The molecule has 2 aromatic carbocycles. The van der Waals surface area contributed by atoms with E-state index in [4.69, 9.17) is 9.26 Å². The van der Waals surface area contributed by atoms with Gasteiger partial charge < -0.3 is 14.2 Å². The number of benzene rings is 2. The van der Waals surface area contributed by atoms with Crippen LogP contribution in [0.3, 0.4) is 0 Å². The molecule has 144 valence electrons. The third-order valence-corrected chi connectivity index (χ3v) is 5.15. The highest BCUT2D eigenvalue weighted by Crippen LogP contribution is 2.31. The molecule has 0 aliphatic carbocycles. The number of ether oxygens (including phenoxy) is 1. The van der Waals surface area contributed by atoms with Gasteiger partial charge in [-0.3, -0.25) is 4.79 Å². The second-order valence-corrected chi connectivity index (χ2v) is 7.27. The molecule has 1 unspecified atom stereocenters. The molecule has 1 atom stereocenters. The van der Waals surface area contributed by atoms with Crippen LogP contribution in [0.4, 0.5) is 0 Å². The van der Waals surface area contributed by atoms with Crippen molar-refractivity contribution in [3.8, 4) is 5.75 Å². The zero-order valence-corrected chi connectivity index (χ0v) is 16.0. The number of hydrogen-bond acceptors (Lipinski definition) is 4. The third kappa shape index (κ3) is 4.25. The molecule has 28 heavy (non-hydrogen) atoms. The lowest BCUT2D eigenvalue weighted by molar-refractivity contribution is -0.131. The summed E-state index contributed by atoms with van der Waals surface area (Å²) in [6.45, 7) is 3.34. The van der Waals surface area contributed by atoms with Gasteiger partial charge in [-0.2, -0.15) is 0 Å². The standard InChI is InChI=1S/C23H24N2O3/c1-17-4-2-5-20(14-17)27-16-19-9-7-18(8-10-19)15-23(26)25-12-3-6-22(25)21-11-13-28-24-21/h2,4-5,7-11,13-14,22H,3,6,12,15-16H2,1H3. The summed E-state index contributed by atoms with van der Waals surface area (Å²) in [5.74, 6) is 1.00. The summed E-state index contributed by atoms with van der Waals surface area (Å²) in [5, 5.41) is 4.02. The zero-order chi connectivity index (χ0) is 19.3. The van der Waals surface area contributed by atoms with Gasteiger partial charge in [-0.1, -0.05) is 41.6 Å². The fraction of sp³-hybridized carbons (Fsp3) is 0.304. The van der Waals surface area contributed by atoms with Gasteiger partial charge in [-0.25, -0.2) is 0 Å². The molecule has 5 heteroatoms. The Morgan fingerprint density at radius 3 is 2.75 bits per heavy atom. The molecule has 0 bridgehead atoms. The van der Waals surface area contributed by atoms with Crippen LogP contribution in [0.5, 0.6) is 5.75 Å². The highest BCUT2D eigenvalue weighted by Gasteiger charge is 2.31. The highest BCUT2D eigenvalue weighted by atomic mass is 16.5. The SMILES string of the molecule is Cc1cccc(OCc2ccc(CC(=O)N3CCCC3c3ccon3)cc2)c1. The molecule has 5 nitrogen and oxygen atoms in total. The number of aryl methyl sites for hydroxylation is 1. The van der Waals surface area contributed by atoms with Gasteiger partial charge in [0.2, 0.25) is 5.91 Å². The molecular formula is C23H24N2O3. The van der Waals surface area contributed by atoms with Gasteiger partial charge in [0.25, 0.3) is 0 Å². The van der Waals surface area contributed by atoms with Crippen molar-refractivity contribution in [2.75, 3.05) is 6.54 Å². The van der Waals surface area contributed by atoms with Crippen molar-refractivity contribution in [1.29, 1.82) is 0 Å². The lowest BCUT2D eigenvalue weighted by Crippen LogP contribution is -2.32. The smallest absolute Gasteiger partial charge is 0.227 e. The maximum absolute atomic E-state index is 12.8. The minimum atomic E-state index is 0.0354. The van der Waals surface area contributed by atoms with Crippen molar-refractivity contribution in [2.24, 2.45) is 0 Å². The molecule has 4 rings (SSSR count). The minimum Gasteiger partial charge on any atom is -0.489 e. The lowest BCUT2D eigenvalue weighted by Gasteiger charge is -2.23. The second-order valence-electron chi connectivity index (χ2n) is 7.27. The highest BCUT2D eigenvalue weighted by molar-refractivity contribution is 5.79. The monoisotopic (exact) mass is 376 g/mol. The first-order valence-corrected chi connectivity index (χ1v) is 9.66. The number of carbonyl (C=O) groups excluding carboxylic acids is 1. The Kier molecular flexibility index (Phi) is 5.42. The molecule has 2 heterocycles. The Morgan fingerprint density at radius 2 is 2.00 bits per heavy atom. The van der Waals surface area contributed by atoms with Crippen LogP contribution in [0.15, 0.2) is 65.4 Å². The maximum atomic E-state index is 12.8. The van der Waals surface area contributed by atoms with Crippen LogP contribution < -0.4 is 4.74 Å². The molecule has 1 aliphatic rings. The van der Waals surface area contributed by atoms with Crippen molar-refractivity contribution in [2.45, 2.75) is 38.8 Å². The number of carbonyl (C=O) groups is 1. The van der Waals surface area contributed by atoms with Gasteiger partial charge in [0, 0.05) is 12.6 Å². The van der Waals surface area contributed by atoms with Gasteiger partial charge in [0.1, 0.15) is 24.3 Å². The average Bonchev–Trinajstić information content (AvgIpc) is 3.39. The van der Waals surface area contributed by atoms with Crippen LogP contribution >= 0.6 is 0 Å². The van der Waals surface area contributed by atoms with Gasteiger partial charge >= 0.3 is 0 Å². The minimum absolute atomic E-state index is 0.0354. The number of rotatable bonds is 6. The van der Waals surface area contributed by atoms with Crippen molar-refractivity contribution in [3.63, 3.8) is 0 Å². The van der Waals surface area contributed by atoms with Crippen LogP contribution in [0.25, 0.3) is 0 Å². The van der Waals surface area contributed by atoms with Crippen molar-refractivity contribution in [3.05, 3.63) is 83.2 Å². The Labute approximate surface area is 164 Å². The normalized spacial score (nSPS) is 16.3. The average molecular weight is 376 g/mol. The van der Waals surface area contributed by atoms with Crippen LogP contribution in [0.1, 0.15) is 41.3 Å². The quantitative estimate of drug-likeness (QED) is 0.637. The van der Waals surface area contributed by atoms with Gasteiger partial charge in [-0.05, 0) is 48.6 Å². The third-order valence-electron chi connectivity index (χ3n) is 5.15. The first kappa shape index (κ1) is 18.3. The number of hydrogen-bond donors (Lipinski definition) is 0. The largest absolute Gasteiger partial charge is 0.489 e. The van der Waals surface area contributed by atoms with E-state index in [1.165, 1.54) is 5.56 Å². The first-order chi connectivity index (χ1) is 13.7. The Bertz CT molecular complexity index is 919. The lowest BCUT2D eigenvalue weighted by atomic mass is 10.1. The van der Waals surface area contributed by atoms with Gasteiger partial charge in [0.15, 0.2) is 0 Å². The van der Waals surface area contributed by atoms with Crippen LogP contribution in [-0.4, -0.2) is 22.5 Å². The number of aromatic nitrogens is 1. The van der Waals surface area contributed by atoms with E-state index in [0.29, 0.717) is 13.0 Å². The van der Waals surface area contributed by atoms with Crippen LogP contribution in [-0.2, 0) is 17.8 Å². The Balaban J connectivity index is 1.34. The van der Waals surface area contributed by atoms with Crippen LogP contribution in [0, 0.1) is 6.92 Å². The summed E-state index contributed by atoms with van der Waals surface area (Å²) in [6.07, 6.45) is 3.90. The van der Waals surface area contributed by atoms with E-state index in [1.54, 1.807) is 6.26 Å². The Hall–Kier alpha value is -3.08. The van der Waals surface area contributed by atoms with Gasteiger partial charge in [0.05, 0.1) is 12.5 Å². The summed E-state index contributed by atoms with van der Waals surface area (Å²) < 4.78 is 10.8. The molecule has 1 aliphatic heterocycles. The molecular weight excluding hydrogens is 352 g/mol. The topological polar surface area (TPSA) is 55.6 Å². The van der Waals surface area contributed by atoms with E-state index in [-0.39, 0.29) is 11.9 Å². The number of amides is 1. The molecule has 1 aromatic heterocycles. The van der Waals surface area contributed by atoms with E-state index in [1.807, 2.05) is 66.4 Å². The molecule has 3 aromatic rings. The molecule has 1 amide bonds. The van der Waals surface area contributed by atoms with E-state index >= 15 is 0 Å². The predicted octanol–water partition coefficient (Wildman–Crippen LogP) is 4.47. The van der Waals surface area contributed by atoms with E-state index < -0.39 is 0 Å². The van der Waals surface area contributed by atoms with Crippen LogP contribution in [0.2, 0.25) is 0 Å². The van der Waals surface area contributed by atoms with Crippen molar-refractivity contribution >= 4 is 5.91 Å². The van der Waals surface area contributed by atoms with Gasteiger partial charge in [-0.15, -0.1) is 0 Å². The number of nitrogens with zero attached hydrogens (tertiary/aromatic N) is 2. The molecule has 0 N–H and O–H groups in total. The first-order valence-electron chi connectivity index (χ1n) is 9.66. The predicted molar refractivity (Wildman–Crippen MR) is 106 cm³/mol. The van der Waals surface area contributed by atoms with E-state index in [9.17, 15) is 4.79 Å². The molecule has 0 radical (unpaired) electrons. The summed E-state index contributed by atoms with van der Waals surface area (Å²) in [7, 11) is 0. The Morgan fingerprint density at radius 1 is 1.18 bits per heavy atom. The van der Waals surface area contributed by atoms with E-state index in [0.717, 1.165) is 42.0 Å². The fourth-order valence-corrected chi connectivity index (χ4v) is 3.67. The van der Waals surface area contributed by atoms with Crippen molar-refractivity contribution < 1.29 is 14.1 Å². The molecule has 0 spiro atoms. The fourth-order valence-electron chi connectivity index (χ4n) is 3.67. The maximum Gasteiger partial charge on any atom is 0.227 e.